The minimum absolute atomic E-state index is 0.0264. The fraction of sp³-hybridized carbons (Fsp3) is 0.161. The standard InChI is InChI=1S/C62H48N2/c1-4-15-42(16-5-1)49-21-11-13-25-55(49)63(47-17-6-2-7-18-47)56-33-29-43-28-32-53-57(34-30-44-27-31-52(56)59(43)60(44)53)64(48-19-8-3-9-20-48)58-26-14-23-51-50-22-10-12-24-54(50)62(61(51)58)45-36-40-35-41(38-45)39-46(62)37-40/h1-34,40-41,45-46H,35-39H2. The molecule has 0 unspecified atom stereocenters. The van der Waals surface area contributed by atoms with Crippen LogP contribution in [0.15, 0.2) is 206 Å². The van der Waals surface area contributed by atoms with Crippen molar-refractivity contribution in [3.8, 4) is 22.3 Å². The predicted octanol–water partition coefficient (Wildman–Crippen LogP) is 16.9. The van der Waals surface area contributed by atoms with Crippen molar-refractivity contribution in [1.82, 2.24) is 0 Å². The van der Waals surface area contributed by atoms with E-state index in [0.717, 1.165) is 23.2 Å². The number of para-hydroxylation sites is 3. The van der Waals surface area contributed by atoms with E-state index in [1.807, 2.05) is 0 Å². The Bertz CT molecular complexity index is 3380. The average Bonchev–Trinajstić information content (AvgIpc) is 3.65. The summed E-state index contributed by atoms with van der Waals surface area (Å²) >= 11 is 0. The molecule has 64 heavy (non-hydrogen) atoms. The van der Waals surface area contributed by atoms with Crippen LogP contribution in [-0.4, -0.2) is 0 Å². The second-order valence-electron chi connectivity index (χ2n) is 19.2. The average molecular weight is 821 g/mol. The second kappa shape index (κ2) is 13.9. The lowest BCUT2D eigenvalue weighted by Gasteiger charge is -2.61. The summed E-state index contributed by atoms with van der Waals surface area (Å²) in [7, 11) is 0. The van der Waals surface area contributed by atoms with Crippen LogP contribution < -0.4 is 9.80 Å². The molecule has 5 aliphatic carbocycles. The summed E-state index contributed by atoms with van der Waals surface area (Å²) in [5.41, 5.74) is 15.7. The highest BCUT2D eigenvalue weighted by Gasteiger charge is 2.62. The highest BCUT2D eigenvalue weighted by atomic mass is 15.2. The van der Waals surface area contributed by atoms with Crippen LogP contribution in [0.5, 0.6) is 0 Å². The molecule has 0 aromatic heterocycles. The van der Waals surface area contributed by atoms with Crippen LogP contribution in [0.4, 0.5) is 34.1 Å². The molecule has 15 rings (SSSR count). The summed E-state index contributed by atoms with van der Waals surface area (Å²) in [4.78, 5) is 5.12. The lowest BCUT2D eigenvalue weighted by Crippen LogP contribution is -2.55. The van der Waals surface area contributed by atoms with Gasteiger partial charge in [0.1, 0.15) is 0 Å². The number of nitrogens with zero attached hydrogens (tertiary/aromatic N) is 2. The Labute approximate surface area is 375 Å². The first-order valence-corrected chi connectivity index (χ1v) is 23.5. The molecule has 0 aliphatic heterocycles. The molecular formula is C62H48N2. The van der Waals surface area contributed by atoms with Crippen molar-refractivity contribution < 1.29 is 0 Å². The fourth-order valence-electron chi connectivity index (χ4n) is 14.0. The molecule has 1 spiro atoms. The Morgan fingerprint density at radius 1 is 0.344 bits per heavy atom. The maximum absolute atomic E-state index is 2.65. The van der Waals surface area contributed by atoms with Crippen LogP contribution in [0.25, 0.3) is 54.6 Å². The van der Waals surface area contributed by atoms with Crippen molar-refractivity contribution in [3.63, 3.8) is 0 Å². The highest BCUT2D eigenvalue weighted by molar-refractivity contribution is 6.28. The molecule has 4 saturated carbocycles. The van der Waals surface area contributed by atoms with Gasteiger partial charge in [-0.15, -0.1) is 0 Å². The molecule has 0 amide bonds. The molecule has 0 atom stereocenters. The van der Waals surface area contributed by atoms with Crippen LogP contribution >= 0.6 is 0 Å². The first-order chi connectivity index (χ1) is 31.7. The SMILES string of the molecule is c1ccc(-c2ccccc2N(c2ccccc2)c2ccc3ccc4c(N(c5ccccc5)c5cccc6c5C5(c7ccccc7-6)C6CC7CC(C6)CC5C7)ccc5ccc2c3c54)cc1. The van der Waals surface area contributed by atoms with Crippen LogP contribution in [0.2, 0.25) is 0 Å². The Balaban J connectivity index is 1.02. The van der Waals surface area contributed by atoms with Crippen molar-refractivity contribution in [3.05, 3.63) is 217 Å². The molecule has 0 N–H and O–H groups in total. The largest absolute Gasteiger partial charge is 0.310 e. The van der Waals surface area contributed by atoms with E-state index < -0.39 is 0 Å². The van der Waals surface area contributed by atoms with Gasteiger partial charge in [0, 0.05) is 33.1 Å². The molecule has 2 heteroatoms. The lowest BCUT2D eigenvalue weighted by atomic mass is 9.43. The molecule has 0 heterocycles. The third kappa shape index (κ3) is 5.08. The zero-order valence-electron chi connectivity index (χ0n) is 35.9. The molecule has 4 bridgehead atoms. The topological polar surface area (TPSA) is 6.48 Å². The maximum Gasteiger partial charge on any atom is 0.0540 e. The molecule has 5 aliphatic rings. The van der Waals surface area contributed by atoms with E-state index in [-0.39, 0.29) is 5.41 Å². The number of hydrogen-bond donors (Lipinski definition) is 0. The summed E-state index contributed by atoms with van der Waals surface area (Å²) in [6, 6.07) is 77.5. The van der Waals surface area contributed by atoms with E-state index in [1.165, 1.54) is 109 Å². The van der Waals surface area contributed by atoms with Crippen molar-refractivity contribution >= 4 is 66.4 Å². The molecular weight excluding hydrogens is 773 g/mol. The maximum atomic E-state index is 2.65. The van der Waals surface area contributed by atoms with E-state index >= 15 is 0 Å². The molecule has 0 saturated heterocycles. The Kier molecular flexibility index (Phi) is 7.90. The fourth-order valence-corrected chi connectivity index (χ4v) is 14.0. The number of rotatable bonds is 7. The number of hydrogen-bond acceptors (Lipinski definition) is 2. The Hall–Kier alpha value is -7.16. The lowest BCUT2D eigenvalue weighted by molar-refractivity contribution is -0.0397. The molecule has 2 nitrogen and oxygen atoms in total. The number of fused-ring (bicyclic) bond motifs is 3. The van der Waals surface area contributed by atoms with E-state index in [2.05, 4.69) is 216 Å². The minimum atomic E-state index is 0.0264. The summed E-state index contributed by atoms with van der Waals surface area (Å²) in [5.74, 6) is 3.11. The highest BCUT2D eigenvalue weighted by Crippen LogP contribution is 2.71. The Morgan fingerprint density at radius 2 is 0.812 bits per heavy atom. The van der Waals surface area contributed by atoms with Crippen LogP contribution in [0, 0.1) is 23.7 Å². The first-order valence-electron chi connectivity index (χ1n) is 23.5. The van der Waals surface area contributed by atoms with E-state index in [0.29, 0.717) is 11.8 Å². The first kappa shape index (κ1) is 36.3. The summed E-state index contributed by atoms with van der Waals surface area (Å²) in [6.45, 7) is 0. The monoisotopic (exact) mass is 820 g/mol. The van der Waals surface area contributed by atoms with Crippen molar-refractivity contribution in [2.24, 2.45) is 23.7 Å². The second-order valence-corrected chi connectivity index (χ2v) is 19.2. The van der Waals surface area contributed by atoms with Gasteiger partial charge in [0.05, 0.1) is 22.7 Å². The predicted molar refractivity (Wildman–Crippen MR) is 268 cm³/mol. The summed E-state index contributed by atoms with van der Waals surface area (Å²) in [6.07, 6.45) is 6.88. The zero-order chi connectivity index (χ0) is 41.9. The van der Waals surface area contributed by atoms with Crippen LogP contribution in [-0.2, 0) is 5.41 Å². The van der Waals surface area contributed by atoms with Gasteiger partial charge in [-0.2, -0.15) is 0 Å². The van der Waals surface area contributed by atoms with Gasteiger partial charge in [-0.25, -0.2) is 0 Å². The van der Waals surface area contributed by atoms with Crippen LogP contribution in [0.1, 0.15) is 43.2 Å². The zero-order valence-corrected chi connectivity index (χ0v) is 35.9. The molecule has 10 aromatic carbocycles. The van der Waals surface area contributed by atoms with Crippen LogP contribution in [0.3, 0.4) is 0 Å². The van der Waals surface area contributed by atoms with Gasteiger partial charge < -0.3 is 9.80 Å². The minimum Gasteiger partial charge on any atom is -0.310 e. The third-order valence-corrected chi connectivity index (χ3v) is 16.1. The van der Waals surface area contributed by atoms with Gasteiger partial charge in [0.2, 0.25) is 0 Å². The summed E-state index contributed by atoms with van der Waals surface area (Å²) < 4.78 is 0. The smallest absolute Gasteiger partial charge is 0.0540 e. The normalized spacial score (nSPS) is 21.5. The summed E-state index contributed by atoms with van der Waals surface area (Å²) in [5, 5.41) is 7.67. The van der Waals surface area contributed by atoms with Crippen molar-refractivity contribution in [2.75, 3.05) is 9.80 Å². The molecule has 10 aromatic rings. The molecule has 4 fully saturated rings. The van der Waals surface area contributed by atoms with Gasteiger partial charge in [-0.1, -0.05) is 158 Å². The van der Waals surface area contributed by atoms with Gasteiger partial charge in [-0.05, 0) is 154 Å². The van der Waals surface area contributed by atoms with E-state index in [1.54, 1.807) is 11.1 Å². The third-order valence-electron chi connectivity index (χ3n) is 16.1. The molecule has 0 radical (unpaired) electrons. The van der Waals surface area contributed by atoms with Gasteiger partial charge in [0.15, 0.2) is 0 Å². The van der Waals surface area contributed by atoms with E-state index in [4.69, 9.17) is 0 Å². The van der Waals surface area contributed by atoms with Crippen molar-refractivity contribution in [1.29, 1.82) is 0 Å². The number of anilines is 6. The van der Waals surface area contributed by atoms with Gasteiger partial charge >= 0.3 is 0 Å². The van der Waals surface area contributed by atoms with Gasteiger partial charge in [-0.3, -0.25) is 0 Å². The Morgan fingerprint density at radius 3 is 1.42 bits per heavy atom. The molecule has 306 valence electrons. The van der Waals surface area contributed by atoms with Gasteiger partial charge in [0.25, 0.3) is 0 Å². The van der Waals surface area contributed by atoms with Crippen molar-refractivity contribution in [2.45, 2.75) is 37.5 Å². The number of benzene rings is 10. The van der Waals surface area contributed by atoms with E-state index in [9.17, 15) is 0 Å². The quantitative estimate of drug-likeness (QED) is 0.148.